The van der Waals surface area contributed by atoms with Crippen LogP contribution in [0.3, 0.4) is 0 Å². The molecule has 0 saturated heterocycles. The van der Waals surface area contributed by atoms with Crippen molar-refractivity contribution in [1.29, 1.82) is 0 Å². The van der Waals surface area contributed by atoms with Crippen molar-refractivity contribution in [2.45, 2.75) is 51.2 Å². The predicted molar refractivity (Wildman–Crippen MR) is 89.0 cm³/mol. The number of carbonyl (C=O) groups excluding carboxylic acids is 1. The lowest BCUT2D eigenvalue weighted by atomic mass is 9.93. The lowest BCUT2D eigenvalue weighted by Crippen LogP contribution is -2.41. The van der Waals surface area contributed by atoms with Crippen molar-refractivity contribution in [2.24, 2.45) is 12.8 Å². The molecule has 130 valence electrons. The zero-order chi connectivity index (χ0) is 16.9. The first-order valence-electron chi connectivity index (χ1n) is 8.56. The van der Waals surface area contributed by atoms with E-state index in [1.54, 1.807) is 15.6 Å². The van der Waals surface area contributed by atoms with E-state index in [0.29, 0.717) is 25.3 Å². The fraction of sp³-hybridized carbons (Fsp3) is 0.625. The van der Waals surface area contributed by atoms with Crippen molar-refractivity contribution in [3.8, 4) is 0 Å². The first-order chi connectivity index (χ1) is 11.7. The third-order valence-corrected chi connectivity index (χ3v) is 4.50. The van der Waals surface area contributed by atoms with Crippen molar-refractivity contribution >= 4 is 5.91 Å². The summed E-state index contributed by atoms with van der Waals surface area (Å²) in [5.41, 5.74) is 6.95. The molecule has 0 spiro atoms. The minimum Gasteiger partial charge on any atom is -0.330 e. The summed E-state index contributed by atoms with van der Waals surface area (Å²) in [6.45, 7) is 1.59. The van der Waals surface area contributed by atoms with Crippen LogP contribution in [0, 0.1) is 0 Å². The molecule has 2 heterocycles. The summed E-state index contributed by atoms with van der Waals surface area (Å²) in [6, 6.07) is 0.256. The van der Waals surface area contributed by atoms with Crippen LogP contribution in [0.25, 0.3) is 0 Å². The SMILES string of the molecule is Cn1cc(CN(C(=O)c2cn(CCN)nn2)C2CCCCC2)cn1. The van der Waals surface area contributed by atoms with Gasteiger partial charge in [-0.3, -0.25) is 14.2 Å². The minimum atomic E-state index is -0.0611. The number of rotatable bonds is 6. The molecule has 1 aliphatic rings. The summed E-state index contributed by atoms with van der Waals surface area (Å²) in [5, 5.41) is 12.2. The molecular formula is C16H25N7O. The van der Waals surface area contributed by atoms with Crippen LogP contribution in [-0.4, -0.2) is 48.2 Å². The zero-order valence-corrected chi connectivity index (χ0v) is 14.1. The fourth-order valence-electron chi connectivity index (χ4n) is 3.29. The van der Waals surface area contributed by atoms with E-state index < -0.39 is 0 Å². The molecule has 8 heteroatoms. The van der Waals surface area contributed by atoms with Crippen molar-refractivity contribution < 1.29 is 4.79 Å². The lowest BCUT2D eigenvalue weighted by molar-refractivity contribution is 0.0608. The Kier molecular flexibility index (Phi) is 5.24. The summed E-state index contributed by atoms with van der Waals surface area (Å²) in [4.78, 5) is 15.0. The molecule has 1 saturated carbocycles. The molecule has 1 fully saturated rings. The van der Waals surface area contributed by atoms with E-state index in [4.69, 9.17) is 5.73 Å². The Morgan fingerprint density at radius 3 is 2.79 bits per heavy atom. The van der Waals surface area contributed by atoms with Gasteiger partial charge in [0.25, 0.3) is 5.91 Å². The van der Waals surface area contributed by atoms with E-state index in [1.807, 2.05) is 24.3 Å². The number of aryl methyl sites for hydroxylation is 1. The van der Waals surface area contributed by atoms with Gasteiger partial charge in [-0.05, 0) is 12.8 Å². The Bertz CT molecular complexity index is 672. The molecule has 1 aliphatic carbocycles. The first-order valence-corrected chi connectivity index (χ1v) is 8.56. The van der Waals surface area contributed by atoms with Crippen molar-refractivity contribution in [1.82, 2.24) is 29.7 Å². The van der Waals surface area contributed by atoms with Crippen molar-refractivity contribution in [3.05, 3.63) is 29.8 Å². The maximum absolute atomic E-state index is 13.0. The summed E-state index contributed by atoms with van der Waals surface area (Å²) >= 11 is 0. The normalized spacial score (nSPS) is 15.6. The van der Waals surface area contributed by atoms with Crippen molar-refractivity contribution in [2.75, 3.05) is 6.54 Å². The Morgan fingerprint density at radius 2 is 2.12 bits per heavy atom. The van der Waals surface area contributed by atoms with E-state index in [1.165, 1.54) is 19.3 Å². The third kappa shape index (κ3) is 3.81. The van der Waals surface area contributed by atoms with E-state index in [2.05, 4.69) is 15.4 Å². The first kappa shape index (κ1) is 16.6. The highest BCUT2D eigenvalue weighted by Crippen LogP contribution is 2.25. The van der Waals surface area contributed by atoms with Gasteiger partial charge in [-0.25, -0.2) is 0 Å². The van der Waals surface area contributed by atoms with Crippen LogP contribution in [0.2, 0.25) is 0 Å². The molecule has 24 heavy (non-hydrogen) atoms. The number of hydrogen-bond acceptors (Lipinski definition) is 5. The van der Waals surface area contributed by atoms with E-state index >= 15 is 0 Å². The Balaban J connectivity index is 1.80. The molecule has 0 unspecified atom stereocenters. The number of nitrogens with zero attached hydrogens (tertiary/aromatic N) is 6. The maximum atomic E-state index is 13.0. The molecule has 0 atom stereocenters. The van der Waals surface area contributed by atoms with Crippen LogP contribution >= 0.6 is 0 Å². The van der Waals surface area contributed by atoms with Crippen LogP contribution in [0.15, 0.2) is 18.6 Å². The fourth-order valence-corrected chi connectivity index (χ4v) is 3.29. The van der Waals surface area contributed by atoms with Crippen LogP contribution < -0.4 is 5.73 Å². The molecule has 0 aromatic carbocycles. The molecule has 0 bridgehead atoms. The predicted octanol–water partition coefficient (Wildman–Crippen LogP) is 0.945. The molecular weight excluding hydrogens is 306 g/mol. The number of aromatic nitrogens is 5. The summed E-state index contributed by atoms with van der Waals surface area (Å²) < 4.78 is 3.38. The van der Waals surface area contributed by atoms with Gasteiger partial charge < -0.3 is 10.6 Å². The molecule has 0 aliphatic heterocycles. The molecule has 1 amide bonds. The van der Waals surface area contributed by atoms with E-state index in [-0.39, 0.29) is 11.9 Å². The lowest BCUT2D eigenvalue weighted by Gasteiger charge is -2.33. The van der Waals surface area contributed by atoms with Crippen LogP contribution in [0.5, 0.6) is 0 Å². The Morgan fingerprint density at radius 1 is 1.33 bits per heavy atom. The molecule has 2 aromatic heterocycles. The summed E-state index contributed by atoms with van der Waals surface area (Å²) in [6.07, 6.45) is 11.1. The van der Waals surface area contributed by atoms with Crippen LogP contribution in [0.1, 0.15) is 48.2 Å². The van der Waals surface area contributed by atoms with Gasteiger partial charge in [0, 0.05) is 37.9 Å². The topological polar surface area (TPSA) is 94.9 Å². The van der Waals surface area contributed by atoms with Gasteiger partial charge in [0.1, 0.15) is 0 Å². The average Bonchev–Trinajstić information content (AvgIpc) is 3.22. The number of carbonyl (C=O) groups is 1. The number of hydrogen-bond donors (Lipinski definition) is 1. The monoisotopic (exact) mass is 331 g/mol. The number of amides is 1. The summed E-state index contributed by atoms with van der Waals surface area (Å²) in [5.74, 6) is -0.0611. The standard InChI is InChI=1S/C16H25N7O/c1-21-10-13(9-18-21)11-23(14-5-3-2-4-6-14)16(24)15-12-22(8-7-17)20-19-15/h9-10,12,14H,2-8,11,17H2,1H3. The van der Waals surface area contributed by atoms with Gasteiger partial charge in [0.05, 0.1) is 18.9 Å². The highest BCUT2D eigenvalue weighted by molar-refractivity contribution is 5.92. The molecule has 3 rings (SSSR count). The second kappa shape index (κ2) is 7.57. The highest BCUT2D eigenvalue weighted by atomic mass is 16.2. The quantitative estimate of drug-likeness (QED) is 0.850. The van der Waals surface area contributed by atoms with Gasteiger partial charge in [-0.1, -0.05) is 24.5 Å². The van der Waals surface area contributed by atoms with Crippen LogP contribution in [-0.2, 0) is 20.1 Å². The van der Waals surface area contributed by atoms with E-state index in [0.717, 1.165) is 18.4 Å². The van der Waals surface area contributed by atoms with Gasteiger partial charge in [-0.15, -0.1) is 5.10 Å². The summed E-state index contributed by atoms with van der Waals surface area (Å²) in [7, 11) is 1.88. The van der Waals surface area contributed by atoms with Crippen LogP contribution in [0.4, 0.5) is 0 Å². The Hall–Kier alpha value is -2.22. The maximum Gasteiger partial charge on any atom is 0.276 e. The van der Waals surface area contributed by atoms with Gasteiger partial charge in [0.2, 0.25) is 0 Å². The third-order valence-electron chi connectivity index (χ3n) is 4.50. The Labute approximate surface area is 141 Å². The second-order valence-corrected chi connectivity index (χ2v) is 6.40. The molecule has 2 aromatic rings. The van der Waals surface area contributed by atoms with Gasteiger partial charge in [0.15, 0.2) is 5.69 Å². The minimum absolute atomic E-state index is 0.0611. The second-order valence-electron chi connectivity index (χ2n) is 6.40. The van der Waals surface area contributed by atoms with Gasteiger partial charge >= 0.3 is 0 Å². The van der Waals surface area contributed by atoms with E-state index in [9.17, 15) is 4.79 Å². The smallest absolute Gasteiger partial charge is 0.276 e. The average molecular weight is 331 g/mol. The van der Waals surface area contributed by atoms with Gasteiger partial charge in [-0.2, -0.15) is 5.10 Å². The highest BCUT2D eigenvalue weighted by Gasteiger charge is 2.28. The van der Waals surface area contributed by atoms with Crippen molar-refractivity contribution in [3.63, 3.8) is 0 Å². The number of nitrogens with two attached hydrogens (primary N) is 1. The molecule has 8 nitrogen and oxygen atoms in total. The molecule has 2 N–H and O–H groups in total. The largest absolute Gasteiger partial charge is 0.330 e. The zero-order valence-electron chi connectivity index (χ0n) is 14.1. The molecule has 0 radical (unpaired) electrons.